The van der Waals surface area contributed by atoms with Crippen molar-refractivity contribution in [2.24, 2.45) is 0 Å². The minimum Gasteiger partial charge on any atom is -0.360 e. The van der Waals surface area contributed by atoms with Gasteiger partial charge in [-0.25, -0.2) is 0 Å². The van der Waals surface area contributed by atoms with Crippen molar-refractivity contribution in [2.75, 3.05) is 11.9 Å². The van der Waals surface area contributed by atoms with Gasteiger partial charge in [-0.3, -0.25) is 0 Å². The van der Waals surface area contributed by atoms with E-state index in [1.54, 1.807) is 11.3 Å². The van der Waals surface area contributed by atoms with Crippen LogP contribution in [0.25, 0.3) is 0 Å². The van der Waals surface area contributed by atoms with Crippen molar-refractivity contribution < 1.29 is 0 Å². The quantitative estimate of drug-likeness (QED) is 0.810. The van der Waals surface area contributed by atoms with Gasteiger partial charge in [0, 0.05) is 11.8 Å². The first-order valence-electron chi connectivity index (χ1n) is 4.12. The van der Waals surface area contributed by atoms with Crippen molar-refractivity contribution >= 4 is 28.2 Å². The maximum absolute atomic E-state index is 4.08. The van der Waals surface area contributed by atoms with Gasteiger partial charge in [-0.05, 0) is 19.8 Å². The molecule has 0 atom stereocenters. The SMILES string of the molecule is CCNc1nnc(SC2CC2)s1. The van der Waals surface area contributed by atoms with Crippen molar-refractivity contribution in [1.82, 2.24) is 10.2 Å². The van der Waals surface area contributed by atoms with Crippen LogP contribution in [0, 0.1) is 0 Å². The van der Waals surface area contributed by atoms with E-state index in [9.17, 15) is 0 Å². The van der Waals surface area contributed by atoms with Crippen LogP contribution in [0.1, 0.15) is 19.8 Å². The smallest absolute Gasteiger partial charge is 0.206 e. The number of anilines is 1. The fourth-order valence-corrected chi connectivity index (χ4v) is 2.94. The van der Waals surface area contributed by atoms with Crippen LogP contribution in [-0.2, 0) is 0 Å². The highest BCUT2D eigenvalue weighted by Gasteiger charge is 2.24. The molecule has 12 heavy (non-hydrogen) atoms. The lowest BCUT2D eigenvalue weighted by Gasteiger charge is -1.91. The van der Waals surface area contributed by atoms with Crippen molar-refractivity contribution in [3.8, 4) is 0 Å². The molecule has 1 N–H and O–H groups in total. The van der Waals surface area contributed by atoms with Gasteiger partial charge in [-0.15, -0.1) is 10.2 Å². The second-order valence-electron chi connectivity index (χ2n) is 2.72. The second-order valence-corrected chi connectivity index (χ2v) is 5.25. The van der Waals surface area contributed by atoms with Crippen molar-refractivity contribution in [3.05, 3.63) is 0 Å². The van der Waals surface area contributed by atoms with E-state index in [0.29, 0.717) is 0 Å². The Hall–Kier alpha value is -0.290. The molecule has 66 valence electrons. The summed E-state index contributed by atoms with van der Waals surface area (Å²) in [5, 5.41) is 13.0. The maximum atomic E-state index is 4.08. The highest BCUT2D eigenvalue weighted by atomic mass is 32.2. The van der Waals surface area contributed by atoms with E-state index in [4.69, 9.17) is 0 Å². The molecule has 1 aliphatic rings. The van der Waals surface area contributed by atoms with Gasteiger partial charge < -0.3 is 5.32 Å². The third kappa shape index (κ3) is 2.10. The number of hydrogen-bond acceptors (Lipinski definition) is 5. The zero-order valence-electron chi connectivity index (χ0n) is 6.91. The van der Waals surface area contributed by atoms with Crippen LogP contribution in [-0.4, -0.2) is 22.0 Å². The molecule has 0 spiro atoms. The zero-order valence-corrected chi connectivity index (χ0v) is 8.54. The summed E-state index contributed by atoms with van der Waals surface area (Å²) in [6.45, 7) is 2.98. The molecule has 1 aromatic rings. The van der Waals surface area contributed by atoms with Gasteiger partial charge in [0.05, 0.1) is 0 Å². The number of aromatic nitrogens is 2. The molecule has 5 heteroatoms. The lowest BCUT2D eigenvalue weighted by molar-refractivity contribution is 1.00. The molecule has 1 aliphatic carbocycles. The van der Waals surface area contributed by atoms with E-state index in [2.05, 4.69) is 22.4 Å². The number of thioether (sulfide) groups is 1. The summed E-state index contributed by atoms with van der Waals surface area (Å²) < 4.78 is 1.11. The molecule has 1 saturated carbocycles. The van der Waals surface area contributed by atoms with Crippen LogP contribution in [0.4, 0.5) is 5.13 Å². The van der Waals surface area contributed by atoms with Crippen LogP contribution >= 0.6 is 23.1 Å². The normalized spacial score (nSPS) is 16.4. The summed E-state index contributed by atoms with van der Waals surface area (Å²) >= 11 is 3.52. The highest BCUT2D eigenvalue weighted by Crippen LogP contribution is 2.40. The average Bonchev–Trinajstić information content (AvgIpc) is 2.74. The van der Waals surface area contributed by atoms with Crippen molar-refractivity contribution in [3.63, 3.8) is 0 Å². The van der Waals surface area contributed by atoms with Gasteiger partial charge in [-0.2, -0.15) is 0 Å². The van der Waals surface area contributed by atoms with Crippen molar-refractivity contribution in [1.29, 1.82) is 0 Å². The molecule has 0 aromatic carbocycles. The van der Waals surface area contributed by atoms with E-state index in [0.717, 1.165) is 21.3 Å². The van der Waals surface area contributed by atoms with Crippen molar-refractivity contribution in [2.45, 2.75) is 29.4 Å². The topological polar surface area (TPSA) is 37.8 Å². The Labute approximate surface area is 80.0 Å². The van der Waals surface area contributed by atoms with Crippen LogP contribution in [0.5, 0.6) is 0 Å². The van der Waals surface area contributed by atoms with Crippen LogP contribution in [0.15, 0.2) is 4.34 Å². The Kier molecular flexibility index (Phi) is 2.51. The molecule has 0 aliphatic heterocycles. The van der Waals surface area contributed by atoms with Gasteiger partial charge in [0.15, 0.2) is 4.34 Å². The second kappa shape index (κ2) is 3.62. The van der Waals surface area contributed by atoms with Gasteiger partial charge >= 0.3 is 0 Å². The largest absolute Gasteiger partial charge is 0.360 e. The highest BCUT2D eigenvalue weighted by molar-refractivity contribution is 8.01. The average molecular weight is 201 g/mol. The van der Waals surface area contributed by atoms with Gasteiger partial charge in [0.25, 0.3) is 0 Å². The Morgan fingerprint density at radius 2 is 2.42 bits per heavy atom. The van der Waals surface area contributed by atoms with Crippen LogP contribution in [0.2, 0.25) is 0 Å². The number of nitrogens with one attached hydrogen (secondary N) is 1. The Balaban J connectivity index is 1.92. The maximum Gasteiger partial charge on any atom is 0.206 e. The van der Waals surface area contributed by atoms with Gasteiger partial charge in [0.2, 0.25) is 5.13 Å². The predicted molar refractivity (Wildman–Crippen MR) is 53.0 cm³/mol. The van der Waals surface area contributed by atoms with Crippen LogP contribution in [0.3, 0.4) is 0 Å². The van der Waals surface area contributed by atoms with Gasteiger partial charge in [0.1, 0.15) is 0 Å². The van der Waals surface area contributed by atoms with Gasteiger partial charge in [-0.1, -0.05) is 23.1 Å². The van der Waals surface area contributed by atoms with E-state index < -0.39 is 0 Å². The Bertz CT molecular complexity index is 257. The molecule has 0 unspecified atom stereocenters. The molecule has 0 bridgehead atoms. The molecular formula is C7H11N3S2. The lowest BCUT2D eigenvalue weighted by atomic mass is 10.8. The number of rotatable bonds is 4. The number of nitrogens with zero attached hydrogens (tertiary/aromatic N) is 2. The summed E-state index contributed by atoms with van der Waals surface area (Å²) in [5.74, 6) is 0. The van der Waals surface area contributed by atoms with E-state index in [1.165, 1.54) is 12.8 Å². The predicted octanol–water partition coefficient (Wildman–Crippen LogP) is 2.22. The molecule has 0 radical (unpaired) electrons. The molecule has 1 fully saturated rings. The first-order chi connectivity index (χ1) is 5.88. The van der Waals surface area contributed by atoms with E-state index in [1.807, 2.05) is 11.8 Å². The molecular weight excluding hydrogens is 190 g/mol. The fourth-order valence-electron chi connectivity index (χ4n) is 0.809. The third-order valence-corrected chi connectivity index (χ3v) is 3.83. The summed E-state index contributed by atoms with van der Waals surface area (Å²) in [7, 11) is 0. The Morgan fingerprint density at radius 1 is 1.58 bits per heavy atom. The molecule has 2 rings (SSSR count). The number of hydrogen-bond donors (Lipinski definition) is 1. The monoisotopic (exact) mass is 201 g/mol. The molecule has 1 aromatic heterocycles. The van der Waals surface area contributed by atoms with E-state index >= 15 is 0 Å². The van der Waals surface area contributed by atoms with E-state index in [-0.39, 0.29) is 0 Å². The summed E-state index contributed by atoms with van der Waals surface area (Å²) in [5.41, 5.74) is 0. The lowest BCUT2D eigenvalue weighted by Crippen LogP contribution is -1.94. The standard InChI is InChI=1S/C7H11N3S2/c1-2-8-6-9-10-7(12-6)11-5-3-4-5/h5H,2-4H2,1H3,(H,8,9). The summed E-state index contributed by atoms with van der Waals surface area (Å²) in [4.78, 5) is 0. The fraction of sp³-hybridized carbons (Fsp3) is 0.714. The molecule has 3 nitrogen and oxygen atoms in total. The Morgan fingerprint density at radius 3 is 3.08 bits per heavy atom. The minimum absolute atomic E-state index is 0.826. The molecule has 1 heterocycles. The zero-order chi connectivity index (χ0) is 8.39. The first kappa shape index (κ1) is 8.31. The molecule has 0 saturated heterocycles. The molecule has 0 amide bonds. The first-order valence-corrected chi connectivity index (χ1v) is 5.82. The summed E-state index contributed by atoms with van der Waals surface area (Å²) in [6.07, 6.45) is 2.70. The third-order valence-electron chi connectivity index (χ3n) is 1.53. The summed E-state index contributed by atoms with van der Waals surface area (Å²) in [6, 6.07) is 0. The minimum atomic E-state index is 0.826. The van der Waals surface area contributed by atoms with Crippen LogP contribution < -0.4 is 5.32 Å².